The molecular weight excluding hydrogens is 428 g/mol. The number of halogens is 2. The molecule has 0 aliphatic heterocycles. The van der Waals surface area contributed by atoms with Crippen LogP contribution in [-0.4, -0.2) is 32.0 Å². The van der Waals surface area contributed by atoms with E-state index in [-0.39, 0.29) is 16.9 Å². The molecule has 2 N–H and O–H groups in total. The maximum Gasteiger partial charge on any atom is 0.240 e. The summed E-state index contributed by atoms with van der Waals surface area (Å²) in [5.41, 5.74) is 0.849. The third-order valence-electron chi connectivity index (χ3n) is 5.88. The van der Waals surface area contributed by atoms with Gasteiger partial charge in [0, 0.05) is 31.4 Å². The zero-order chi connectivity index (χ0) is 21.8. The van der Waals surface area contributed by atoms with Gasteiger partial charge in [-0.1, -0.05) is 18.3 Å². The molecule has 1 fully saturated rings. The van der Waals surface area contributed by atoms with Crippen LogP contribution in [0.2, 0.25) is 0 Å². The van der Waals surface area contributed by atoms with E-state index in [0.717, 1.165) is 48.4 Å². The number of benzene rings is 1. The van der Waals surface area contributed by atoms with Crippen LogP contribution in [0.3, 0.4) is 0 Å². The number of hydrogen-bond acceptors (Lipinski definition) is 4. The lowest BCUT2D eigenvalue weighted by atomic mass is 9.66. The van der Waals surface area contributed by atoms with Crippen molar-refractivity contribution in [3.8, 4) is 0 Å². The van der Waals surface area contributed by atoms with Crippen LogP contribution in [0.4, 0.5) is 8.78 Å². The van der Waals surface area contributed by atoms with Gasteiger partial charge >= 0.3 is 0 Å². The molecule has 162 valence electrons. The fourth-order valence-corrected chi connectivity index (χ4v) is 5.50. The predicted octanol–water partition coefficient (Wildman–Crippen LogP) is 3.70. The molecule has 0 bridgehead atoms. The van der Waals surface area contributed by atoms with Gasteiger partial charge in [0.05, 0.1) is 9.88 Å². The number of nitrogens with zero attached hydrogens (tertiary/aromatic N) is 1. The number of likely N-dealkylation sites (N-methyl/N-ethyl adjacent to an activating group) is 1. The van der Waals surface area contributed by atoms with E-state index in [1.54, 1.807) is 6.20 Å². The summed E-state index contributed by atoms with van der Waals surface area (Å²) < 4.78 is 53.5. The van der Waals surface area contributed by atoms with Gasteiger partial charge in [0.25, 0.3) is 0 Å². The van der Waals surface area contributed by atoms with E-state index in [9.17, 15) is 17.2 Å². The van der Waals surface area contributed by atoms with E-state index in [2.05, 4.69) is 15.0 Å². The molecule has 0 spiro atoms. The quantitative estimate of drug-likeness (QED) is 0.626. The van der Waals surface area contributed by atoms with Crippen LogP contribution in [0, 0.1) is 17.6 Å². The first-order valence-corrected chi connectivity index (χ1v) is 11.7. The molecule has 30 heavy (non-hydrogen) atoms. The van der Waals surface area contributed by atoms with E-state index in [1.807, 2.05) is 25.4 Å². The van der Waals surface area contributed by atoms with Crippen molar-refractivity contribution in [2.24, 2.45) is 5.92 Å². The number of sulfonamides is 1. The summed E-state index contributed by atoms with van der Waals surface area (Å²) >= 11 is 5.63. The average molecular weight is 454 g/mol. The molecule has 0 radical (unpaired) electrons. The first-order valence-electron chi connectivity index (χ1n) is 9.86. The molecule has 0 atom stereocenters. The average Bonchev–Trinajstić information content (AvgIpc) is 2.76. The predicted molar refractivity (Wildman–Crippen MR) is 116 cm³/mol. The molecule has 1 saturated carbocycles. The monoisotopic (exact) mass is 453 g/mol. The van der Waals surface area contributed by atoms with Crippen molar-refractivity contribution >= 4 is 27.2 Å². The second kappa shape index (κ2) is 9.45. The third-order valence-corrected chi connectivity index (χ3v) is 7.93. The molecule has 3 rings (SSSR count). The number of nitrogens with one attached hydrogen (secondary N) is 2. The lowest BCUT2D eigenvalue weighted by molar-refractivity contribution is 0.275. The number of hydrogen-bond donors (Lipinski definition) is 2. The maximum absolute atomic E-state index is 13.3. The van der Waals surface area contributed by atoms with Crippen molar-refractivity contribution in [3.05, 3.63) is 59.9 Å². The molecule has 0 unspecified atom stereocenters. The molecule has 9 heteroatoms. The van der Waals surface area contributed by atoms with Crippen LogP contribution < -0.4 is 10.0 Å². The molecule has 0 saturated heterocycles. The van der Waals surface area contributed by atoms with Crippen molar-refractivity contribution in [3.63, 3.8) is 0 Å². The minimum atomic E-state index is -3.88. The van der Waals surface area contributed by atoms with E-state index in [4.69, 9.17) is 12.2 Å². The Kier molecular flexibility index (Phi) is 7.15. The number of pyridine rings is 1. The highest BCUT2D eigenvalue weighted by Crippen LogP contribution is 2.43. The van der Waals surface area contributed by atoms with Crippen molar-refractivity contribution in [2.75, 3.05) is 13.6 Å². The van der Waals surface area contributed by atoms with E-state index < -0.39 is 21.7 Å². The molecule has 1 aromatic heterocycles. The molecule has 1 aliphatic rings. The maximum atomic E-state index is 13.3. The SMILES string of the molecule is CNC(=S)C1(c2cccnc2)CCC(CCNS(=O)(=O)c2ccc(F)c(F)c2)CC1. The van der Waals surface area contributed by atoms with E-state index in [0.29, 0.717) is 18.4 Å². The summed E-state index contributed by atoms with van der Waals surface area (Å²) in [5.74, 6) is -1.91. The van der Waals surface area contributed by atoms with E-state index >= 15 is 0 Å². The van der Waals surface area contributed by atoms with Crippen LogP contribution in [0.15, 0.2) is 47.6 Å². The molecule has 1 aliphatic carbocycles. The lowest BCUT2D eigenvalue weighted by Gasteiger charge is -2.41. The normalized spacial score (nSPS) is 21.9. The summed E-state index contributed by atoms with van der Waals surface area (Å²) in [6.45, 7) is 0.238. The van der Waals surface area contributed by atoms with Crippen molar-refractivity contribution in [1.29, 1.82) is 0 Å². The minimum Gasteiger partial charge on any atom is -0.382 e. The highest BCUT2D eigenvalue weighted by atomic mass is 32.2. The van der Waals surface area contributed by atoms with Gasteiger partial charge in [0.15, 0.2) is 11.6 Å². The van der Waals surface area contributed by atoms with Gasteiger partial charge in [-0.25, -0.2) is 21.9 Å². The lowest BCUT2D eigenvalue weighted by Crippen LogP contribution is -2.44. The third kappa shape index (κ3) is 4.84. The Bertz CT molecular complexity index is 993. The summed E-state index contributed by atoms with van der Waals surface area (Å²) in [7, 11) is -2.05. The minimum absolute atomic E-state index is 0.238. The Morgan fingerprint density at radius 3 is 2.57 bits per heavy atom. The van der Waals surface area contributed by atoms with Crippen LogP contribution in [-0.2, 0) is 15.4 Å². The first kappa shape index (κ1) is 22.7. The molecule has 5 nitrogen and oxygen atoms in total. The second-order valence-corrected chi connectivity index (χ2v) is 9.78. The summed E-state index contributed by atoms with van der Waals surface area (Å²) in [4.78, 5) is 4.76. The Labute approximate surface area is 181 Å². The largest absolute Gasteiger partial charge is 0.382 e. The summed E-state index contributed by atoms with van der Waals surface area (Å²) in [5, 5.41) is 3.13. The molecular formula is C21H25F2N3O2S2. The Hall–Kier alpha value is -1.97. The Balaban J connectivity index is 1.59. The number of thiocarbonyl (C=S) groups is 1. The highest BCUT2D eigenvalue weighted by molar-refractivity contribution is 7.89. The fraction of sp³-hybridized carbons (Fsp3) is 0.429. The van der Waals surface area contributed by atoms with Gasteiger partial charge in [-0.05, 0) is 67.9 Å². The van der Waals surface area contributed by atoms with Crippen molar-refractivity contribution in [1.82, 2.24) is 15.0 Å². The fourth-order valence-electron chi connectivity index (χ4n) is 4.12. The van der Waals surface area contributed by atoms with Gasteiger partial charge < -0.3 is 5.32 Å². The van der Waals surface area contributed by atoms with Gasteiger partial charge in [0.1, 0.15) is 0 Å². The second-order valence-electron chi connectivity index (χ2n) is 7.61. The van der Waals surface area contributed by atoms with Gasteiger partial charge in [-0.15, -0.1) is 0 Å². The Morgan fingerprint density at radius 2 is 1.97 bits per heavy atom. The van der Waals surface area contributed by atoms with Gasteiger partial charge in [-0.3, -0.25) is 4.98 Å². The van der Waals surface area contributed by atoms with Crippen LogP contribution in [0.5, 0.6) is 0 Å². The number of aromatic nitrogens is 1. The first-order chi connectivity index (χ1) is 14.3. The molecule has 1 aromatic carbocycles. The van der Waals surface area contributed by atoms with E-state index in [1.165, 1.54) is 0 Å². The molecule has 2 aromatic rings. The van der Waals surface area contributed by atoms with Gasteiger partial charge in [-0.2, -0.15) is 0 Å². The highest BCUT2D eigenvalue weighted by Gasteiger charge is 2.40. The summed E-state index contributed by atoms with van der Waals surface area (Å²) in [6.07, 6.45) is 7.80. The zero-order valence-corrected chi connectivity index (χ0v) is 18.3. The molecule has 1 heterocycles. The topological polar surface area (TPSA) is 71.1 Å². The van der Waals surface area contributed by atoms with Crippen LogP contribution in [0.1, 0.15) is 37.7 Å². The van der Waals surface area contributed by atoms with Crippen LogP contribution >= 0.6 is 12.2 Å². The van der Waals surface area contributed by atoms with Gasteiger partial charge in [0.2, 0.25) is 10.0 Å². The smallest absolute Gasteiger partial charge is 0.240 e. The number of rotatable bonds is 7. The van der Waals surface area contributed by atoms with Crippen LogP contribution in [0.25, 0.3) is 0 Å². The van der Waals surface area contributed by atoms with Crippen molar-refractivity contribution < 1.29 is 17.2 Å². The molecule has 0 amide bonds. The zero-order valence-electron chi connectivity index (χ0n) is 16.7. The Morgan fingerprint density at radius 1 is 1.23 bits per heavy atom. The summed E-state index contributed by atoms with van der Waals surface area (Å²) in [6, 6.07) is 6.52. The van der Waals surface area contributed by atoms with Crippen molar-refractivity contribution in [2.45, 2.75) is 42.4 Å². The standard InChI is InChI=1S/C21H25F2N3O2S2/c1-24-20(29)21(16-3-2-11-25-14-16)9-6-15(7-10-21)8-12-26-30(27,28)17-4-5-18(22)19(23)13-17/h2-5,11,13-15,26H,6-10,12H2,1H3,(H,24,29).